The molecular formula is C54H35NO. The van der Waals surface area contributed by atoms with Crippen LogP contribution in [0.1, 0.15) is 0 Å². The first-order valence-electron chi connectivity index (χ1n) is 19.2. The number of hydrogen-bond acceptors (Lipinski definition) is 2. The maximum Gasteiger partial charge on any atom is 0.135 e. The summed E-state index contributed by atoms with van der Waals surface area (Å²) in [5.74, 6) is 0.864. The zero-order chi connectivity index (χ0) is 37.0. The number of rotatable bonds is 6. The van der Waals surface area contributed by atoms with Gasteiger partial charge in [0.15, 0.2) is 0 Å². The normalized spacial score (nSPS) is 11.6. The van der Waals surface area contributed by atoms with E-state index in [9.17, 15) is 0 Å². The first kappa shape index (κ1) is 32.0. The molecule has 2 nitrogen and oxygen atoms in total. The Labute approximate surface area is 325 Å². The van der Waals surface area contributed by atoms with E-state index in [1.165, 1.54) is 65.3 Å². The highest BCUT2D eigenvalue weighted by Gasteiger charge is 2.17. The molecule has 0 aliphatic carbocycles. The molecule has 0 unspecified atom stereocenters. The maximum atomic E-state index is 6.24. The Morgan fingerprint density at radius 2 is 0.661 bits per heavy atom. The van der Waals surface area contributed by atoms with Gasteiger partial charge in [-0.05, 0) is 138 Å². The molecule has 2 heteroatoms. The molecule has 0 N–H and O–H groups in total. The van der Waals surface area contributed by atoms with Gasteiger partial charge in [0.25, 0.3) is 0 Å². The van der Waals surface area contributed by atoms with Gasteiger partial charge in [0.2, 0.25) is 0 Å². The van der Waals surface area contributed by atoms with Gasteiger partial charge in [-0.2, -0.15) is 0 Å². The Bertz CT molecular complexity index is 3030. The number of nitrogens with zero attached hydrogens (tertiary/aromatic N) is 1. The minimum absolute atomic E-state index is 0.864. The summed E-state index contributed by atoms with van der Waals surface area (Å²) in [6, 6.07) is 76.5. The summed E-state index contributed by atoms with van der Waals surface area (Å²) >= 11 is 0. The summed E-state index contributed by atoms with van der Waals surface area (Å²) in [6.45, 7) is 0. The van der Waals surface area contributed by atoms with E-state index in [0.29, 0.717) is 0 Å². The van der Waals surface area contributed by atoms with Gasteiger partial charge in [-0.1, -0.05) is 140 Å². The monoisotopic (exact) mass is 713 g/mol. The van der Waals surface area contributed by atoms with Crippen molar-refractivity contribution in [3.8, 4) is 33.6 Å². The maximum absolute atomic E-state index is 6.24. The molecule has 11 rings (SSSR count). The predicted octanol–water partition coefficient (Wildman–Crippen LogP) is 15.5. The van der Waals surface area contributed by atoms with Crippen LogP contribution in [0.2, 0.25) is 0 Å². The number of anilines is 3. The van der Waals surface area contributed by atoms with Crippen molar-refractivity contribution >= 4 is 71.1 Å². The van der Waals surface area contributed by atoms with Crippen LogP contribution in [0.15, 0.2) is 217 Å². The number of furan rings is 1. The SMILES string of the molecule is c1ccc2oc(-c3ccc(N(c4ccc(-c5cc6ccccc6c6ccccc56)cc4)c4ccc(-c5cc6ccccc6c6ccccc56)cc4)cc3)cc2c1. The third-order valence-electron chi connectivity index (χ3n) is 11.2. The zero-order valence-electron chi connectivity index (χ0n) is 30.6. The molecule has 10 aromatic carbocycles. The number of para-hydroxylation sites is 1. The summed E-state index contributed by atoms with van der Waals surface area (Å²) in [5, 5.41) is 11.2. The lowest BCUT2D eigenvalue weighted by Gasteiger charge is -2.26. The van der Waals surface area contributed by atoms with Gasteiger partial charge in [-0.3, -0.25) is 0 Å². The molecule has 0 amide bonds. The van der Waals surface area contributed by atoms with Crippen LogP contribution < -0.4 is 4.90 Å². The summed E-state index contributed by atoms with van der Waals surface area (Å²) in [6.07, 6.45) is 0. The molecular weight excluding hydrogens is 679 g/mol. The van der Waals surface area contributed by atoms with Crippen molar-refractivity contribution in [2.45, 2.75) is 0 Å². The van der Waals surface area contributed by atoms with Crippen molar-refractivity contribution in [1.82, 2.24) is 0 Å². The van der Waals surface area contributed by atoms with Crippen molar-refractivity contribution in [3.05, 3.63) is 212 Å². The number of fused-ring (bicyclic) bond motifs is 7. The van der Waals surface area contributed by atoms with Crippen molar-refractivity contribution in [3.63, 3.8) is 0 Å². The number of hydrogen-bond donors (Lipinski definition) is 0. The summed E-state index contributed by atoms with van der Waals surface area (Å²) in [5.41, 5.74) is 10.0. The van der Waals surface area contributed by atoms with Gasteiger partial charge in [0, 0.05) is 28.0 Å². The van der Waals surface area contributed by atoms with Crippen LogP contribution in [0.4, 0.5) is 17.1 Å². The molecule has 262 valence electrons. The lowest BCUT2D eigenvalue weighted by atomic mass is 9.93. The van der Waals surface area contributed by atoms with Gasteiger partial charge in [-0.25, -0.2) is 0 Å². The minimum Gasteiger partial charge on any atom is -0.456 e. The second-order valence-electron chi connectivity index (χ2n) is 14.5. The second-order valence-corrected chi connectivity index (χ2v) is 14.5. The van der Waals surface area contributed by atoms with E-state index in [0.717, 1.165) is 39.4 Å². The Kier molecular flexibility index (Phi) is 7.53. The Morgan fingerprint density at radius 3 is 1.12 bits per heavy atom. The van der Waals surface area contributed by atoms with E-state index in [1.54, 1.807) is 0 Å². The minimum atomic E-state index is 0.864. The largest absolute Gasteiger partial charge is 0.456 e. The third-order valence-corrected chi connectivity index (χ3v) is 11.2. The fourth-order valence-electron chi connectivity index (χ4n) is 8.51. The molecule has 0 spiro atoms. The van der Waals surface area contributed by atoms with Crippen LogP contribution in [0, 0.1) is 0 Å². The first-order valence-corrected chi connectivity index (χ1v) is 19.2. The molecule has 0 saturated heterocycles. The van der Waals surface area contributed by atoms with E-state index in [-0.39, 0.29) is 0 Å². The number of benzene rings is 10. The first-order chi connectivity index (χ1) is 27.7. The highest BCUT2D eigenvalue weighted by Crippen LogP contribution is 2.41. The van der Waals surface area contributed by atoms with Crippen molar-refractivity contribution in [1.29, 1.82) is 0 Å². The Balaban J connectivity index is 1.02. The summed E-state index contributed by atoms with van der Waals surface area (Å²) < 4.78 is 6.24. The van der Waals surface area contributed by atoms with Gasteiger partial charge < -0.3 is 9.32 Å². The Hall–Kier alpha value is -7.42. The van der Waals surface area contributed by atoms with Crippen LogP contribution in [-0.4, -0.2) is 0 Å². The standard InChI is InChI=1S/C54H35NO/c1-4-14-45-39(11-1)33-51(49-18-8-6-16-47(45)49)36-21-27-42(28-22-36)55(44-31-25-38(26-32-44)54-35-41-13-3-10-20-53(41)56-54)43-29-23-37(24-30-43)52-34-40-12-2-5-15-46(40)48-17-7-9-19-50(48)52/h1-35H. The van der Waals surface area contributed by atoms with Crippen molar-refractivity contribution in [2.75, 3.05) is 4.90 Å². The molecule has 0 bridgehead atoms. The summed E-state index contributed by atoms with van der Waals surface area (Å²) in [4.78, 5) is 2.34. The lowest BCUT2D eigenvalue weighted by molar-refractivity contribution is 0.631. The van der Waals surface area contributed by atoms with E-state index < -0.39 is 0 Å². The van der Waals surface area contributed by atoms with E-state index >= 15 is 0 Å². The van der Waals surface area contributed by atoms with Crippen LogP contribution in [0.3, 0.4) is 0 Å². The third kappa shape index (κ3) is 5.42. The molecule has 0 aliphatic rings. The van der Waals surface area contributed by atoms with Gasteiger partial charge in [0.05, 0.1) is 0 Å². The van der Waals surface area contributed by atoms with Gasteiger partial charge in [-0.15, -0.1) is 0 Å². The molecule has 0 radical (unpaired) electrons. The van der Waals surface area contributed by atoms with Crippen LogP contribution >= 0.6 is 0 Å². The lowest BCUT2D eigenvalue weighted by Crippen LogP contribution is -2.09. The topological polar surface area (TPSA) is 16.4 Å². The van der Waals surface area contributed by atoms with Crippen LogP contribution in [-0.2, 0) is 0 Å². The molecule has 1 aromatic heterocycles. The molecule has 0 atom stereocenters. The molecule has 0 fully saturated rings. The smallest absolute Gasteiger partial charge is 0.135 e. The van der Waals surface area contributed by atoms with Crippen LogP contribution in [0.5, 0.6) is 0 Å². The summed E-state index contributed by atoms with van der Waals surface area (Å²) in [7, 11) is 0. The van der Waals surface area contributed by atoms with E-state index in [2.05, 4.69) is 199 Å². The highest BCUT2D eigenvalue weighted by atomic mass is 16.3. The van der Waals surface area contributed by atoms with Gasteiger partial charge in [0.1, 0.15) is 11.3 Å². The fourth-order valence-corrected chi connectivity index (χ4v) is 8.51. The van der Waals surface area contributed by atoms with Crippen LogP contribution in [0.25, 0.3) is 87.6 Å². The molecule has 11 aromatic rings. The molecule has 0 saturated carbocycles. The Morgan fingerprint density at radius 1 is 0.286 bits per heavy atom. The van der Waals surface area contributed by atoms with Crippen molar-refractivity contribution in [2.24, 2.45) is 0 Å². The predicted molar refractivity (Wildman–Crippen MR) is 237 cm³/mol. The van der Waals surface area contributed by atoms with E-state index in [1.807, 2.05) is 18.2 Å². The molecule has 0 aliphatic heterocycles. The molecule has 1 heterocycles. The average Bonchev–Trinajstić information content (AvgIpc) is 3.71. The quantitative estimate of drug-likeness (QED) is 0.160. The van der Waals surface area contributed by atoms with E-state index in [4.69, 9.17) is 4.42 Å². The fraction of sp³-hybridized carbons (Fsp3) is 0. The average molecular weight is 714 g/mol. The molecule has 56 heavy (non-hydrogen) atoms. The zero-order valence-corrected chi connectivity index (χ0v) is 30.6. The highest BCUT2D eigenvalue weighted by molar-refractivity contribution is 6.15. The van der Waals surface area contributed by atoms with Crippen molar-refractivity contribution < 1.29 is 4.42 Å². The second kappa shape index (κ2) is 13.2. The van der Waals surface area contributed by atoms with Gasteiger partial charge >= 0.3 is 0 Å².